The Bertz CT molecular complexity index is 1150. The molecule has 8 rings (SSSR count). The third-order valence-corrected chi connectivity index (χ3v) is 10.7. The second-order valence-corrected chi connectivity index (χ2v) is 17.1. The molecule has 2 heterocycles. The standard InChI is InChI=1S/C14H21IN2.C13H20IN3.C2HF3O.CH2Cl2/c1-9(2)10(3)12-16-11(15)5-17(12)14-6-13(4,7-14)8-14;1-8(2)9(3)11-16-10(14)4-17(11)13-5-12(15,6-13)7-13;3-2(4,5)1-6;2-1-3/h5,9-10H,6-8H2,1-4H3;4,8-9H,5-7,15H2,1-3H3;1H;1H2. The molecule has 0 saturated heterocycles. The highest BCUT2D eigenvalue weighted by Gasteiger charge is 2.68. The zero-order chi connectivity index (χ0) is 32.8. The molecule has 244 valence electrons. The largest absolute Gasteiger partial charge is 0.446 e. The monoisotopic (exact) mass is 871 g/mol. The number of aromatic nitrogens is 4. The number of alkyl halides is 5. The lowest BCUT2D eigenvalue weighted by Crippen LogP contribution is -2.76. The number of nitrogens with two attached hydrogens (primary N) is 1. The van der Waals surface area contributed by atoms with Crippen LogP contribution < -0.4 is 5.73 Å². The molecular weight excluding hydrogens is 828 g/mol. The van der Waals surface area contributed by atoms with Gasteiger partial charge in [-0.25, -0.2) is 9.97 Å². The fourth-order valence-corrected chi connectivity index (χ4v) is 8.33. The predicted molar refractivity (Wildman–Crippen MR) is 184 cm³/mol. The van der Waals surface area contributed by atoms with Crippen molar-refractivity contribution in [2.75, 3.05) is 5.34 Å². The van der Waals surface area contributed by atoms with E-state index in [1.165, 1.54) is 30.9 Å². The average molecular weight is 872 g/mol. The van der Waals surface area contributed by atoms with E-state index in [0.29, 0.717) is 40.2 Å². The van der Waals surface area contributed by atoms with Crippen LogP contribution in [-0.4, -0.2) is 42.4 Å². The van der Waals surface area contributed by atoms with Gasteiger partial charge < -0.3 is 14.9 Å². The molecule has 0 aliphatic heterocycles. The number of aldehydes is 1. The summed E-state index contributed by atoms with van der Waals surface area (Å²) in [7, 11) is 0. The Morgan fingerprint density at radius 2 is 1.16 bits per heavy atom. The number of rotatable bonds is 6. The van der Waals surface area contributed by atoms with Crippen molar-refractivity contribution in [1.29, 1.82) is 0 Å². The summed E-state index contributed by atoms with van der Waals surface area (Å²) in [5.74, 6) is 4.93. The molecule has 2 N–H and O–H groups in total. The highest BCUT2D eigenvalue weighted by atomic mass is 127. The molecule has 6 aliphatic carbocycles. The summed E-state index contributed by atoms with van der Waals surface area (Å²) in [6.07, 6.45) is 6.31. The third kappa shape index (κ3) is 8.06. The molecule has 6 nitrogen and oxygen atoms in total. The summed E-state index contributed by atoms with van der Waals surface area (Å²) >= 11 is 14.2. The van der Waals surface area contributed by atoms with Gasteiger partial charge in [0.15, 0.2) is 0 Å². The fourth-order valence-electron chi connectivity index (χ4n) is 7.28. The molecular formula is C30H44Cl2F3I2N5O. The molecule has 6 saturated carbocycles. The maximum Gasteiger partial charge on any atom is 0.446 e. The van der Waals surface area contributed by atoms with E-state index in [0.717, 1.165) is 26.7 Å². The van der Waals surface area contributed by atoms with Crippen molar-refractivity contribution < 1.29 is 18.0 Å². The van der Waals surface area contributed by atoms with Gasteiger partial charge >= 0.3 is 6.18 Å². The topological polar surface area (TPSA) is 78.7 Å². The summed E-state index contributed by atoms with van der Waals surface area (Å²) in [4.78, 5) is 18.2. The Hall–Kier alpha value is -0.120. The van der Waals surface area contributed by atoms with Gasteiger partial charge in [0.2, 0.25) is 6.29 Å². The Morgan fingerprint density at radius 3 is 1.40 bits per heavy atom. The second kappa shape index (κ2) is 13.5. The number of carbonyl (C=O) groups is 1. The minimum atomic E-state index is -4.64. The number of halogens is 7. The van der Waals surface area contributed by atoms with Crippen LogP contribution in [0.2, 0.25) is 0 Å². The van der Waals surface area contributed by atoms with Crippen molar-refractivity contribution in [3.8, 4) is 0 Å². The second-order valence-electron chi connectivity index (χ2n) is 14.1. The maximum atomic E-state index is 10.4. The molecule has 0 aromatic carbocycles. The zero-order valence-corrected chi connectivity index (χ0v) is 31.7. The number of nitrogens with zero attached hydrogens (tertiary/aromatic N) is 4. The van der Waals surface area contributed by atoms with Gasteiger partial charge in [0.05, 0.1) is 10.9 Å². The molecule has 0 spiro atoms. The Balaban J connectivity index is 0.000000185. The minimum absolute atomic E-state index is 0.161. The van der Waals surface area contributed by atoms with Crippen LogP contribution in [-0.2, 0) is 15.9 Å². The zero-order valence-electron chi connectivity index (χ0n) is 25.9. The van der Waals surface area contributed by atoms with Gasteiger partial charge in [-0.05, 0) is 101 Å². The lowest BCUT2D eigenvalue weighted by molar-refractivity contribution is -0.175. The summed E-state index contributed by atoms with van der Waals surface area (Å²) in [5.41, 5.74) is 7.76. The van der Waals surface area contributed by atoms with Crippen molar-refractivity contribution >= 4 is 74.7 Å². The van der Waals surface area contributed by atoms with E-state index in [1.807, 2.05) is 0 Å². The first-order valence-corrected chi connectivity index (χ1v) is 17.9. The molecule has 4 bridgehead atoms. The van der Waals surface area contributed by atoms with Crippen LogP contribution in [0.5, 0.6) is 0 Å². The SMILES string of the molecule is CC(C)C(C)c1nc(I)cn1C12CC(C)(C1)C2.CC(C)C(C)c1nc(I)cn1C12CC(N)(C1)C2.ClCCl.O=CC(F)(F)F. The Labute approximate surface area is 291 Å². The van der Waals surface area contributed by atoms with E-state index in [4.69, 9.17) is 43.7 Å². The van der Waals surface area contributed by atoms with Gasteiger partial charge in [-0.15, -0.1) is 23.2 Å². The summed E-state index contributed by atoms with van der Waals surface area (Å²) in [6, 6.07) is 0. The van der Waals surface area contributed by atoms with E-state index >= 15 is 0 Å². The first-order chi connectivity index (χ1) is 19.7. The van der Waals surface area contributed by atoms with Crippen LogP contribution in [0.3, 0.4) is 0 Å². The normalized spacial score (nSPS) is 30.9. The van der Waals surface area contributed by atoms with E-state index in [2.05, 4.69) is 115 Å². The first kappa shape index (κ1) is 37.3. The van der Waals surface area contributed by atoms with Crippen molar-refractivity contribution in [2.24, 2.45) is 23.0 Å². The highest BCUT2D eigenvalue weighted by molar-refractivity contribution is 14.1. The molecule has 2 aromatic heterocycles. The van der Waals surface area contributed by atoms with Crippen molar-refractivity contribution in [1.82, 2.24) is 19.1 Å². The summed E-state index contributed by atoms with van der Waals surface area (Å²) < 4.78 is 38.5. The quantitative estimate of drug-likeness (QED) is 0.179. The minimum Gasteiger partial charge on any atom is -0.327 e. The molecule has 43 heavy (non-hydrogen) atoms. The fraction of sp³-hybridized carbons (Fsp3) is 0.767. The number of hydrogen-bond acceptors (Lipinski definition) is 4. The van der Waals surface area contributed by atoms with Crippen LogP contribution in [0.15, 0.2) is 12.4 Å². The first-order valence-electron chi connectivity index (χ1n) is 14.6. The van der Waals surface area contributed by atoms with Crippen LogP contribution in [0, 0.1) is 24.7 Å². The lowest BCUT2D eigenvalue weighted by atomic mass is 9.40. The Kier molecular flexibility index (Phi) is 11.8. The molecule has 2 atom stereocenters. The number of hydrogen-bond donors (Lipinski definition) is 1. The molecule has 6 aliphatic rings. The van der Waals surface area contributed by atoms with Crippen LogP contribution >= 0.6 is 68.4 Å². The molecule has 0 radical (unpaired) electrons. The van der Waals surface area contributed by atoms with Crippen LogP contribution in [0.1, 0.15) is 110 Å². The lowest BCUT2D eigenvalue weighted by Gasteiger charge is -2.70. The summed E-state index contributed by atoms with van der Waals surface area (Å²) in [6.45, 7) is 16.1. The highest BCUT2D eigenvalue weighted by Crippen LogP contribution is 2.71. The molecule has 2 aromatic rings. The van der Waals surface area contributed by atoms with Crippen molar-refractivity contribution in [2.45, 2.75) is 122 Å². The molecule has 2 unspecified atom stereocenters. The van der Waals surface area contributed by atoms with Gasteiger partial charge in [-0.2, -0.15) is 13.2 Å². The molecule has 0 amide bonds. The molecule has 6 fully saturated rings. The third-order valence-electron chi connectivity index (χ3n) is 9.69. The Morgan fingerprint density at radius 1 is 0.860 bits per heavy atom. The van der Waals surface area contributed by atoms with Gasteiger partial charge in [-0.1, -0.05) is 48.5 Å². The molecule has 13 heteroatoms. The van der Waals surface area contributed by atoms with Gasteiger partial charge in [0.25, 0.3) is 0 Å². The number of carbonyl (C=O) groups excluding carboxylic acids is 1. The van der Waals surface area contributed by atoms with Crippen molar-refractivity contribution in [3.63, 3.8) is 0 Å². The van der Waals surface area contributed by atoms with Crippen LogP contribution in [0.25, 0.3) is 0 Å². The smallest absolute Gasteiger partial charge is 0.327 e. The summed E-state index contributed by atoms with van der Waals surface area (Å²) in [5, 5.41) is 0.194. The number of imidazole rings is 2. The van der Waals surface area contributed by atoms with Gasteiger partial charge in [0, 0.05) is 35.3 Å². The van der Waals surface area contributed by atoms with E-state index in [9.17, 15) is 13.2 Å². The van der Waals surface area contributed by atoms with Crippen LogP contribution in [0.4, 0.5) is 13.2 Å². The maximum absolute atomic E-state index is 10.4. The van der Waals surface area contributed by atoms with Gasteiger partial charge in [0.1, 0.15) is 19.1 Å². The van der Waals surface area contributed by atoms with E-state index < -0.39 is 12.5 Å². The van der Waals surface area contributed by atoms with E-state index in [1.54, 1.807) is 0 Å². The average Bonchev–Trinajstić information content (AvgIpc) is 3.41. The predicted octanol–water partition coefficient (Wildman–Crippen LogP) is 9.15. The van der Waals surface area contributed by atoms with E-state index in [-0.39, 0.29) is 10.9 Å². The van der Waals surface area contributed by atoms with Gasteiger partial charge in [-0.3, -0.25) is 4.79 Å². The van der Waals surface area contributed by atoms with Crippen molar-refractivity contribution in [3.05, 3.63) is 31.4 Å².